The summed E-state index contributed by atoms with van der Waals surface area (Å²) in [6, 6.07) is 5.44. The van der Waals surface area contributed by atoms with E-state index in [-0.39, 0.29) is 24.5 Å². The standard InChI is InChI=1S/C20H26N2O3/c1-5-25-18(24)20(21)16-8-15(22-4)7-6-14(16)11-19(20)9-12(2)17(23)13(3)10-19/h6-8,12-13,17,23H,5,9-11,21H2,1-3H3/t12-,13+,17?,19?,20-/m1/s1. The molecule has 5 heteroatoms. The maximum atomic E-state index is 13.0. The summed E-state index contributed by atoms with van der Waals surface area (Å²) in [6.07, 6.45) is 1.61. The van der Waals surface area contributed by atoms with Gasteiger partial charge in [-0.2, -0.15) is 0 Å². The highest BCUT2D eigenvalue weighted by atomic mass is 16.5. The number of nitrogens with zero attached hydrogens (tertiary/aromatic N) is 1. The van der Waals surface area contributed by atoms with Crippen LogP contribution in [0.15, 0.2) is 18.2 Å². The number of hydrogen-bond acceptors (Lipinski definition) is 4. The van der Waals surface area contributed by atoms with E-state index in [4.69, 9.17) is 17.0 Å². The molecule has 5 atom stereocenters. The Morgan fingerprint density at radius 1 is 1.40 bits per heavy atom. The van der Waals surface area contributed by atoms with Gasteiger partial charge >= 0.3 is 5.97 Å². The zero-order valence-corrected chi connectivity index (χ0v) is 15.1. The maximum Gasteiger partial charge on any atom is 0.331 e. The number of hydrogen-bond donors (Lipinski definition) is 2. The predicted octanol–water partition coefficient (Wildman–Crippen LogP) is 2.92. The van der Waals surface area contributed by atoms with Crippen molar-refractivity contribution in [3.05, 3.63) is 40.7 Å². The van der Waals surface area contributed by atoms with Gasteiger partial charge in [0.1, 0.15) is 5.54 Å². The van der Waals surface area contributed by atoms with Crippen LogP contribution in [0.2, 0.25) is 0 Å². The van der Waals surface area contributed by atoms with E-state index in [2.05, 4.69) is 4.85 Å². The van der Waals surface area contributed by atoms with Crippen LogP contribution < -0.4 is 5.73 Å². The number of carbonyl (C=O) groups excluding carboxylic acids is 1. The lowest BCUT2D eigenvalue weighted by Crippen LogP contribution is -2.60. The number of ether oxygens (including phenoxy) is 1. The summed E-state index contributed by atoms with van der Waals surface area (Å²) in [5, 5.41) is 10.4. The van der Waals surface area contributed by atoms with Crippen LogP contribution in [0.4, 0.5) is 5.69 Å². The number of carbonyl (C=O) groups is 1. The second kappa shape index (κ2) is 6.12. The van der Waals surface area contributed by atoms with E-state index in [1.165, 1.54) is 0 Å². The Bertz CT molecular complexity index is 727. The molecule has 25 heavy (non-hydrogen) atoms. The van der Waals surface area contributed by atoms with Crippen molar-refractivity contribution in [2.75, 3.05) is 6.61 Å². The molecule has 1 spiro atoms. The van der Waals surface area contributed by atoms with Gasteiger partial charge in [-0.3, -0.25) is 0 Å². The molecule has 1 aromatic rings. The summed E-state index contributed by atoms with van der Waals surface area (Å²) < 4.78 is 5.38. The van der Waals surface area contributed by atoms with E-state index in [1.54, 1.807) is 19.1 Å². The third-order valence-corrected chi connectivity index (χ3v) is 6.20. The number of benzene rings is 1. The molecule has 2 unspecified atom stereocenters. The monoisotopic (exact) mass is 342 g/mol. The summed E-state index contributed by atoms with van der Waals surface area (Å²) in [4.78, 5) is 16.5. The van der Waals surface area contributed by atoms with Crippen LogP contribution in [0.25, 0.3) is 4.85 Å². The molecular weight excluding hydrogens is 316 g/mol. The van der Waals surface area contributed by atoms with Crippen molar-refractivity contribution in [3.63, 3.8) is 0 Å². The van der Waals surface area contributed by atoms with Gasteiger partial charge in [0, 0.05) is 5.41 Å². The minimum atomic E-state index is -1.28. The first-order valence-corrected chi connectivity index (χ1v) is 8.94. The first-order valence-electron chi connectivity index (χ1n) is 8.94. The third kappa shape index (κ3) is 2.47. The molecule has 0 aromatic heterocycles. The molecule has 0 amide bonds. The molecule has 0 saturated heterocycles. The molecule has 1 saturated carbocycles. The zero-order valence-electron chi connectivity index (χ0n) is 15.1. The number of fused-ring (bicyclic) bond motifs is 1. The molecule has 3 rings (SSSR count). The Labute approximate surface area is 149 Å². The molecule has 0 radical (unpaired) electrons. The molecule has 3 N–H and O–H groups in total. The van der Waals surface area contributed by atoms with Crippen molar-refractivity contribution < 1.29 is 14.6 Å². The molecule has 2 aliphatic carbocycles. The van der Waals surface area contributed by atoms with Gasteiger partial charge in [0.15, 0.2) is 5.69 Å². The zero-order chi connectivity index (χ0) is 18.4. The number of aliphatic hydroxyl groups excluding tert-OH is 1. The first-order chi connectivity index (χ1) is 11.8. The Hall–Kier alpha value is -1.90. The largest absolute Gasteiger partial charge is 0.464 e. The fraction of sp³-hybridized carbons (Fsp3) is 0.600. The minimum absolute atomic E-state index is 0.0516. The Kier molecular flexibility index (Phi) is 4.38. The van der Waals surface area contributed by atoms with Gasteiger partial charge in [-0.25, -0.2) is 9.64 Å². The molecule has 134 valence electrons. The maximum absolute atomic E-state index is 13.0. The quantitative estimate of drug-likeness (QED) is 0.640. The smallest absolute Gasteiger partial charge is 0.331 e. The van der Waals surface area contributed by atoms with E-state index >= 15 is 0 Å². The Morgan fingerprint density at radius 2 is 2.04 bits per heavy atom. The van der Waals surface area contributed by atoms with E-state index in [9.17, 15) is 9.90 Å². The van der Waals surface area contributed by atoms with Crippen LogP contribution in [-0.2, 0) is 21.5 Å². The van der Waals surface area contributed by atoms with Crippen molar-refractivity contribution >= 4 is 11.7 Å². The summed E-state index contributed by atoms with van der Waals surface area (Å²) >= 11 is 0. The fourth-order valence-corrected chi connectivity index (χ4v) is 5.10. The van der Waals surface area contributed by atoms with Gasteiger partial charge in [0.05, 0.1) is 19.3 Å². The van der Waals surface area contributed by atoms with Crippen molar-refractivity contribution in [2.24, 2.45) is 23.0 Å². The van der Waals surface area contributed by atoms with E-state index < -0.39 is 16.9 Å². The average molecular weight is 342 g/mol. The number of rotatable bonds is 2. The summed E-state index contributed by atoms with van der Waals surface area (Å²) in [5.74, 6) is -0.321. The van der Waals surface area contributed by atoms with Gasteiger partial charge in [-0.15, -0.1) is 0 Å². The van der Waals surface area contributed by atoms with Crippen molar-refractivity contribution in [1.29, 1.82) is 0 Å². The fourth-order valence-electron chi connectivity index (χ4n) is 5.10. The van der Waals surface area contributed by atoms with Crippen LogP contribution >= 0.6 is 0 Å². The van der Waals surface area contributed by atoms with Crippen molar-refractivity contribution in [3.8, 4) is 0 Å². The lowest BCUT2D eigenvalue weighted by atomic mass is 9.57. The molecular formula is C20H26N2O3. The molecule has 2 aliphatic rings. The van der Waals surface area contributed by atoms with Crippen molar-refractivity contribution in [2.45, 2.75) is 51.7 Å². The molecule has 0 aliphatic heterocycles. The van der Waals surface area contributed by atoms with Gasteiger partial charge in [-0.05, 0) is 49.1 Å². The Balaban J connectivity index is 2.16. The normalized spacial score (nSPS) is 36.7. The summed E-state index contributed by atoms with van der Waals surface area (Å²) in [5.41, 5.74) is 7.29. The number of aliphatic hydroxyl groups is 1. The average Bonchev–Trinajstić information content (AvgIpc) is 2.82. The van der Waals surface area contributed by atoms with Crippen LogP contribution in [-0.4, -0.2) is 23.8 Å². The predicted molar refractivity (Wildman–Crippen MR) is 94.9 cm³/mol. The SMILES string of the molecule is [C-]#[N+]c1ccc2c(c1)[C@@](N)(C(=O)OCC)C1(C2)C[C@@H](C)C(O)[C@@H](C)C1. The number of nitrogens with two attached hydrogens (primary N) is 1. The van der Waals surface area contributed by atoms with Gasteiger partial charge in [0.25, 0.3) is 0 Å². The summed E-state index contributed by atoms with van der Waals surface area (Å²) in [6.45, 7) is 13.4. The van der Waals surface area contributed by atoms with E-state index in [1.807, 2.05) is 19.9 Å². The molecule has 0 heterocycles. The molecule has 0 bridgehead atoms. The lowest BCUT2D eigenvalue weighted by molar-refractivity contribution is -0.160. The van der Waals surface area contributed by atoms with Crippen LogP contribution in [0.3, 0.4) is 0 Å². The lowest BCUT2D eigenvalue weighted by Gasteiger charge is -2.50. The van der Waals surface area contributed by atoms with E-state index in [0.717, 1.165) is 11.1 Å². The van der Waals surface area contributed by atoms with Gasteiger partial charge in [-0.1, -0.05) is 32.0 Å². The topological polar surface area (TPSA) is 76.9 Å². The summed E-state index contributed by atoms with van der Waals surface area (Å²) in [7, 11) is 0. The second-order valence-electron chi connectivity index (χ2n) is 7.79. The van der Waals surface area contributed by atoms with Gasteiger partial charge in [0.2, 0.25) is 0 Å². The highest BCUT2D eigenvalue weighted by Gasteiger charge is 2.63. The van der Waals surface area contributed by atoms with Crippen LogP contribution in [0, 0.1) is 23.8 Å². The third-order valence-electron chi connectivity index (χ3n) is 6.20. The highest BCUT2D eigenvalue weighted by molar-refractivity contribution is 5.86. The van der Waals surface area contributed by atoms with Crippen LogP contribution in [0.5, 0.6) is 0 Å². The highest BCUT2D eigenvalue weighted by Crippen LogP contribution is 2.59. The van der Waals surface area contributed by atoms with Crippen LogP contribution in [0.1, 0.15) is 44.7 Å². The first kappa shape index (κ1) is 17.9. The number of esters is 1. The second-order valence-corrected chi connectivity index (χ2v) is 7.79. The molecule has 1 fully saturated rings. The molecule has 1 aromatic carbocycles. The van der Waals surface area contributed by atoms with Gasteiger partial charge < -0.3 is 15.6 Å². The minimum Gasteiger partial charge on any atom is -0.464 e. The molecule has 5 nitrogen and oxygen atoms in total. The van der Waals surface area contributed by atoms with Crippen molar-refractivity contribution in [1.82, 2.24) is 0 Å². The Morgan fingerprint density at radius 3 is 2.60 bits per heavy atom. The van der Waals surface area contributed by atoms with E-state index in [0.29, 0.717) is 24.9 Å².